The van der Waals surface area contributed by atoms with Crippen molar-refractivity contribution in [1.29, 1.82) is 0 Å². The predicted molar refractivity (Wildman–Crippen MR) is 79.2 cm³/mol. The lowest BCUT2D eigenvalue weighted by atomic mass is 10.3. The van der Waals surface area contributed by atoms with Crippen LogP contribution in [0, 0.1) is 0 Å². The molecule has 0 aliphatic heterocycles. The Morgan fingerprint density at radius 2 is 1.95 bits per heavy atom. The number of aromatic nitrogens is 5. The van der Waals surface area contributed by atoms with Crippen LogP contribution < -0.4 is 11.2 Å². The summed E-state index contributed by atoms with van der Waals surface area (Å²) in [5.74, 6) is 0.533. The van der Waals surface area contributed by atoms with Crippen molar-refractivity contribution < 1.29 is 0 Å². The molecular weight excluding hydrogens is 270 g/mol. The molecule has 3 rings (SSSR count). The molecule has 0 saturated carbocycles. The summed E-state index contributed by atoms with van der Waals surface area (Å²) in [6.45, 7) is 4.40. The van der Waals surface area contributed by atoms with Crippen LogP contribution in [0.3, 0.4) is 0 Å². The van der Waals surface area contributed by atoms with E-state index in [0.29, 0.717) is 30.1 Å². The minimum atomic E-state index is -0.343. The molecular formula is C14H15N5O2. The summed E-state index contributed by atoms with van der Waals surface area (Å²) in [5, 5.41) is 0. The zero-order chi connectivity index (χ0) is 15.0. The van der Waals surface area contributed by atoms with Crippen LogP contribution in [0.1, 0.15) is 13.8 Å². The Morgan fingerprint density at radius 3 is 2.57 bits per heavy atom. The van der Waals surface area contributed by atoms with Crippen LogP contribution in [0.25, 0.3) is 22.6 Å². The number of H-pyrrole nitrogens is 1. The molecule has 0 spiro atoms. The van der Waals surface area contributed by atoms with Crippen molar-refractivity contribution in [2.24, 2.45) is 0 Å². The highest BCUT2D eigenvalue weighted by Crippen LogP contribution is 2.16. The van der Waals surface area contributed by atoms with Gasteiger partial charge >= 0.3 is 5.69 Å². The average Bonchev–Trinajstić information content (AvgIpc) is 2.94. The first-order valence-electron chi connectivity index (χ1n) is 6.81. The number of nitrogens with zero attached hydrogens (tertiary/aromatic N) is 4. The SMILES string of the molecule is CCn1c(=O)c2[nH]c(-c3cccnc3)nc2n(CC)c1=O. The van der Waals surface area contributed by atoms with Crippen LogP contribution in [-0.4, -0.2) is 24.1 Å². The lowest BCUT2D eigenvalue weighted by molar-refractivity contribution is 0.606. The molecule has 0 unspecified atom stereocenters. The smallest absolute Gasteiger partial charge is 0.332 e. The van der Waals surface area contributed by atoms with Gasteiger partial charge in [-0.1, -0.05) is 0 Å². The normalized spacial score (nSPS) is 11.1. The van der Waals surface area contributed by atoms with E-state index in [2.05, 4.69) is 15.0 Å². The quantitative estimate of drug-likeness (QED) is 0.777. The van der Waals surface area contributed by atoms with Gasteiger partial charge in [-0.05, 0) is 26.0 Å². The Labute approximate surface area is 119 Å². The van der Waals surface area contributed by atoms with Gasteiger partial charge in [0, 0.05) is 31.0 Å². The number of nitrogens with one attached hydrogen (secondary N) is 1. The highest BCUT2D eigenvalue weighted by Gasteiger charge is 2.16. The molecule has 0 radical (unpaired) electrons. The molecule has 0 saturated heterocycles. The highest BCUT2D eigenvalue weighted by atomic mass is 16.2. The molecule has 21 heavy (non-hydrogen) atoms. The summed E-state index contributed by atoms with van der Waals surface area (Å²) in [6.07, 6.45) is 3.32. The van der Waals surface area contributed by atoms with E-state index in [-0.39, 0.29) is 11.2 Å². The third-order valence-electron chi connectivity index (χ3n) is 3.43. The van der Waals surface area contributed by atoms with Gasteiger partial charge in [0.25, 0.3) is 5.56 Å². The Hall–Kier alpha value is -2.70. The first-order chi connectivity index (χ1) is 10.2. The highest BCUT2D eigenvalue weighted by molar-refractivity contribution is 5.75. The van der Waals surface area contributed by atoms with Gasteiger partial charge in [-0.2, -0.15) is 0 Å². The number of aromatic amines is 1. The van der Waals surface area contributed by atoms with Crippen LogP contribution in [0.4, 0.5) is 0 Å². The summed E-state index contributed by atoms with van der Waals surface area (Å²) in [5.41, 5.74) is 0.825. The van der Waals surface area contributed by atoms with Crippen molar-refractivity contribution in [3.63, 3.8) is 0 Å². The third-order valence-corrected chi connectivity index (χ3v) is 3.43. The largest absolute Gasteiger partial charge is 0.332 e. The Kier molecular flexibility index (Phi) is 3.17. The standard InChI is InChI=1S/C14H15N5O2/c1-3-18-12-10(13(20)19(4-2)14(18)21)16-11(17-12)9-6-5-7-15-8-9/h5-8H,3-4H2,1-2H3,(H,16,17). The number of imidazole rings is 1. The van der Waals surface area contributed by atoms with Gasteiger partial charge in [-0.25, -0.2) is 9.78 Å². The number of aryl methyl sites for hydroxylation is 1. The van der Waals surface area contributed by atoms with Crippen molar-refractivity contribution in [1.82, 2.24) is 24.1 Å². The molecule has 0 aliphatic carbocycles. The van der Waals surface area contributed by atoms with Gasteiger partial charge in [-0.15, -0.1) is 0 Å². The number of hydrogen-bond donors (Lipinski definition) is 1. The molecule has 0 fully saturated rings. The minimum Gasteiger partial charge on any atom is -0.332 e. The first-order valence-corrected chi connectivity index (χ1v) is 6.81. The lowest BCUT2D eigenvalue weighted by Crippen LogP contribution is -2.39. The van der Waals surface area contributed by atoms with Crippen LogP contribution >= 0.6 is 0 Å². The first kappa shape index (κ1) is 13.3. The molecule has 0 aromatic carbocycles. The fourth-order valence-electron chi connectivity index (χ4n) is 2.37. The lowest BCUT2D eigenvalue weighted by Gasteiger charge is -2.06. The molecule has 7 heteroatoms. The van der Waals surface area contributed by atoms with E-state index in [1.54, 1.807) is 25.4 Å². The summed E-state index contributed by atoms with van der Waals surface area (Å²) in [4.78, 5) is 36.1. The van der Waals surface area contributed by atoms with Crippen molar-refractivity contribution >= 4 is 11.2 Å². The van der Waals surface area contributed by atoms with E-state index in [1.165, 1.54) is 9.13 Å². The molecule has 1 N–H and O–H groups in total. The van der Waals surface area contributed by atoms with E-state index in [1.807, 2.05) is 13.0 Å². The van der Waals surface area contributed by atoms with Crippen LogP contribution in [-0.2, 0) is 13.1 Å². The molecule has 0 aliphatic rings. The fourth-order valence-corrected chi connectivity index (χ4v) is 2.37. The Morgan fingerprint density at radius 1 is 1.19 bits per heavy atom. The predicted octanol–water partition coefficient (Wildman–Crippen LogP) is 0.988. The van der Waals surface area contributed by atoms with E-state index >= 15 is 0 Å². The van der Waals surface area contributed by atoms with Gasteiger partial charge in [0.1, 0.15) is 11.3 Å². The maximum absolute atomic E-state index is 12.4. The van der Waals surface area contributed by atoms with Crippen molar-refractivity contribution in [2.45, 2.75) is 26.9 Å². The van der Waals surface area contributed by atoms with Gasteiger partial charge in [0.2, 0.25) is 0 Å². The van der Waals surface area contributed by atoms with E-state index in [4.69, 9.17) is 0 Å². The number of rotatable bonds is 3. The molecule has 7 nitrogen and oxygen atoms in total. The van der Waals surface area contributed by atoms with Crippen LogP contribution in [0.2, 0.25) is 0 Å². The number of hydrogen-bond acceptors (Lipinski definition) is 4. The summed E-state index contributed by atoms with van der Waals surface area (Å²) in [7, 11) is 0. The van der Waals surface area contributed by atoms with Gasteiger partial charge < -0.3 is 4.98 Å². The van der Waals surface area contributed by atoms with E-state index in [9.17, 15) is 9.59 Å². The van der Waals surface area contributed by atoms with Crippen molar-refractivity contribution in [2.75, 3.05) is 0 Å². The summed E-state index contributed by atoms with van der Waals surface area (Å²) in [6, 6.07) is 3.64. The van der Waals surface area contributed by atoms with E-state index < -0.39 is 0 Å². The van der Waals surface area contributed by atoms with Crippen LogP contribution in [0.15, 0.2) is 34.1 Å². The van der Waals surface area contributed by atoms with Gasteiger partial charge in [0.05, 0.1) is 0 Å². The monoisotopic (exact) mass is 285 g/mol. The maximum Gasteiger partial charge on any atom is 0.332 e. The van der Waals surface area contributed by atoms with Gasteiger partial charge in [-0.3, -0.25) is 18.9 Å². The van der Waals surface area contributed by atoms with E-state index in [0.717, 1.165) is 5.56 Å². The number of pyridine rings is 1. The zero-order valence-corrected chi connectivity index (χ0v) is 11.8. The van der Waals surface area contributed by atoms with Crippen molar-refractivity contribution in [3.8, 4) is 11.4 Å². The fraction of sp³-hybridized carbons (Fsp3) is 0.286. The second-order valence-corrected chi connectivity index (χ2v) is 4.60. The second-order valence-electron chi connectivity index (χ2n) is 4.60. The van der Waals surface area contributed by atoms with Crippen molar-refractivity contribution in [3.05, 3.63) is 45.4 Å². The molecule has 3 aromatic heterocycles. The molecule has 0 bridgehead atoms. The Balaban J connectivity index is 2.39. The number of fused-ring (bicyclic) bond motifs is 1. The topological polar surface area (TPSA) is 85.6 Å². The molecule has 0 atom stereocenters. The minimum absolute atomic E-state index is 0.328. The van der Waals surface area contributed by atoms with Crippen LogP contribution in [0.5, 0.6) is 0 Å². The third kappa shape index (κ3) is 1.97. The van der Waals surface area contributed by atoms with Gasteiger partial charge in [0.15, 0.2) is 5.65 Å². The summed E-state index contributed by atoms with van der Waals surface area (Å²) < 4.78 is 2.70. The Bertz CT molecular complexity index is 905. The molecule has 108 valence electrons. The maximum atomic E-state index is 12.4. The second kappa shape index (κ2) is 5.01. The summed E-state index contributed by atoms with van der Waals surface area (Å²) >= 11 is 0. The molecule has 0 amide bonds. The zero-order valence-electron chi connectivity index (χ0n) is 11.8. The molecule has 3 heterocycles. The molecule has 3 aromatic rings. The average molecular weight is 285 g/mol.